The zero-order chi connectivity index (χ0) is 29.9. The van der Waals surface area contributed by atoms with Crippen molar-refractivity contribution in [1.29, 1.82) is 0 Å². The number of nitrogens with zero attached hydrogens (tertiary/aromatic N) is 3. The lowest BCUT2D eigenvalue weighted by Crippen LogP contribution is -2.38. The molecule has 1 aliphatic heterocycles. The average Bonchev–Trinajstić information content (AvgIpc) is 3.49. The minimum Gasteiger partial charge on any atom is -0.508 e. The highest BCUT2D eigenvalue weighted by Crippen LogP contribution is 2.33. The summed E-state index contributed by atoms with van der Waals surface area (Å²) in [5, 5.41) is 12.5. The van der Waals surface area contributed by atoms with Gasteiger partial charge in [0.25, 0.3) is 11.8 Å². The first-order valence-electron chi connectivity index (χ1n) is 14.3. The summed E-state index contributed by atoms with van der Waals surface area (Å²) in [4.78, 5) is 35.2. The van der Waals surface area contributed by atoms with Crippen LogP contribution in [-0.4, -0.2) is 51.3 Å². The molecule has 1 N–H and O–H groups in total. The summed E-state index contributed by atoms with van der Waals surface area (Å²) in [6.07, 6.45) is 1.55. The third kappa shape index (κ3) is 6.54. The van der Waals surface area contributed by atoms with E-state index in [0.717, 1.165) is 34.5 Å². The summed E-state index contributed by atoms with van der Waals surface area (Å²) in [5.41, 5.74) is 2.83. The summed E-state index contributed by atoms with van der Waals surface area (Å²) in [6.45, 7) is 7.14. The van der Waals surface area contributed by atoms with Crippen molar-refractivity contribution in [3.63, 3.8) is 0 Å². The summed E-state index contributed by atoms with van der Waals surface area (Å²) in [6, 6.07) is 21.8. The number of piperidine rings is 1. The highest BCUT2D eigenvalue weighted by Gasteiger charge is 2.29. The van der Waals surface area contributed by atoms with Gasteiger partial charge in [0.1, 0.15) is 17.1 Å². The van der Waals surface area contributed by atoms with E-state index in [1.165, 1.54) is 25.2 Å². The Kier molecular flexibility index (Phi) is 8.73. The minimum atomic E-state index is -1.42. The molecule has 0 saturated carbocycles. The topological polar surface area (TPSA) is 73.7 Å². The molecule has 0 atom stereocenters. The van der Waals surface area contributed by atoms with Crippen LogP contribution in [-0.2, 0) is 12.2 Å². The van der Waals surface area contributed by atoms with Crippen molar-refractivity contribution in [2.24, 2.45) is 0 Å². The number of alkyl halides is 1. The molecule has 1 aliphatic rings. The number of aromatic hydroxyl groups is 1. The van der Waals surface area contributed by atoms with Crippen molar-refractivity contribution >= 4 is 23.2 Å². The van der Waals surface area contributed by atoms with Gasteiger partial charge >= 0.3 is 0 Å². The maximum absolute atomic E-state index is 14.4. The van der Waals surface area contributed by atoms with Crippen LogP contribution in [0, 0.1) is 0 Å². The summed E-state index contributed by atoms with van der Waals surface area (Å²) in [5.74, 6) is 0.223. The van der Waals surface area contributed by atoms with E-state index in [1.807, 2.05) is 59.7 Å². The second-order valence-corrected chi connectivity index (χ2v) is 12.1. The van der Waals surface area contributed by atoms with Crippen LogP contribution in [0.3, 0.4) is 0 Å². The molecular formula is C34H36FN3O3S. The van der Waals surface area contributed by atoms with Crippen molar-refractivity contribution in [2.45, 2.75) is 51.7 Å². The van der Waals surface area contributed by atoms with Crippen molar-refractivity contribution in [3.8, 4) is 16.9 Å². The molecule has 1 aromatic heterocycles. The maximum atomic E-state index is 14.4. The molecule has 5 rings (SSSR count). The predicted molar refractivity (Wildman–Crippen MR) is 165 cm³/mol. The number of likely N-dealkylation sites (tertiary alicyclic amines) is 1. The molecule has 0 radical (unpaired) electrons. The number of aromatic nitrogens is 1. The monoisotopic (exact) mass is 585 g/mol. The second kappa shape index (κ2) is 12.4. The summed E-state index contributed by atoms with van der Waals surface area (Å²) in [7, 11) is 0. The van der Waals surface area contributed by atoms with Gasteiger partial charge in [0.15, 0.2) is 0 Å². The lowest BCUT2D eigenvalue weighted by atomic mass is 9.93. The fourth-order valence-corrected chi connectivity index (χ4v) is 6.37. The van der Waals surface area contributed by atoms with Crippen LogP contribution in [0.4, 0.5) is 4.39 Å². The standard InChI is InChI=1S/C34H36FN3O3S/c1-4-37(21-23-8-7-9-27(39)20-23)33(41)30-22-42-31(36-30)25-16-18-38(19-17-25)32(40)29-11-6-5-10-28(29)24-12-14-26(15-13-24)34(2,3)35/h5-15,20,22,25,39H,4,16-19,21H2,1-3H3. The number of phenols is 1. The second-order valence-electron chi connectivity index (χ2n) is 11.2. The fraction of sp³-hybridized carbons (Fsp3) is 0.324. The van der Waals surface area contributed by atoms with Crippen LogP contribution in [0.2, 0.25) is 0 Å². The van der Waals surface area contributed by atoms with Crippen LogP contribution >= 0.6 is 11.3 Å². The minimum absolute atomic E-state index is 0.0144. The van der Waals surface area contributed by atoms with E-state index < -0.39 is 5.67 Å². The first kappa shape index (κ1) is 29.5. The number of hydrogen-bond donors (Lipinski definition) is 1. The van der Waals surface area contributed by atoms with E-state index in [1.54, 1.807) is 35.2 Å². The molecule has 218 valence electrons. The number of hydrogen-bond acceptors (Lipinski definition) is 5. The van der Waals surface area contributed by atoms with E-state index >= 15 is 0 Å². The van der Waals surface area contributed by atoms with E-state index in [0.29, 0.717) is 43.0 Å². The van der Waals surface area contributed by atoms with Crippen LogP contribution in [0.5, 0.6) is 5.75 Å². The van der Waals surface area contributed by atoms with Crippen LogP contribution in [0.1, 0.15) is 76.5 Å². The van der Waals surface area contributed by atoms with Gasteiger partial charge in [0, 0.05) is 43.0 Å². The Morgan fingerprint density at radius 1 is 1.05 bits per heavy atom. The zero-order valence-electron chi connectivity index (χ0n) is 24.2. The van der Waals surface area contributed by atoms with Crippen molar-refractivity contribution in [2.75, 3.05) is 19.6 Å². The van der Waals surface area contributed by atoms with E-state index in [4.69, 9.17) is 4.98 Å². The number of phenolic OH excluding ortho intramolecular Hbond substituents is 1. The number of carbonyl (C=O) groups is 2. The molecule has 0 unspecified atom stereocenters. The summed E-state index contributed by atoms with van der Waals surface area (Å²) >= 11 is 1.50. The first-order chi connectivity index (χ1) is 20.1. The van der Waals surface area contributed by atoms with Crippen molar-refractivity contribution in [3.05, 3.63) is 106 Å². The Morgan fingerprint density at radius 3 is 2.43 bits per heavy atom. The third-order valence-corrected chi connectivity index (χ3v) is 8.87. The number of rotatable bonds is 8. The molecule has 4 aromatic rings. The fourth-order valence-electron chi connectivity index (χ4n) is 5.41. The number of thiazole rings is 1. The Hall–Kier alpha value is -4.04. The normalized spacial score (nSPS) is 14.1. The van der Waals surface area contributed by atoms with Crippen LogP contribution in [0.25, 0.3) is 11.1 Å². The van der Waals surface area contributed by atoms with Crippen LogP contribution in [0.15, 0.2) is 78.2 Å². The van der Waals surface area contributed by atoms with Gasteiger partial charge in [-0.1, -0.05) is 54.6 Å². The van der Waals surface area contributed by atoms with E-state index in [-0.39, 0.29) is 23.5 Å². The van der Waals surface area contributed by atoms with Gasteiger partial charge in [-0.05, 0) is 74.1 Å². The van der Waals surface area contributed by atoms with E-state index in [2.05, 4.69) is 0 Å². The molecule has 8 heteroatoms. The quantitative estimate of drug-likeness (QED) is 0.234. The molecule has 2 heterocycles. The van der Waals surface area contributed by atoms with Gasteiger partial charge in [-0.15, -0.1) is 11.3 Å². The van der Waals surface area contributed by atoms with Crippen molar-refractivity contribution in [1.82, 2.24) is 14.8 Å². The molecular weight excluding hydrogens is 549 g/mol. The molecule has 2 amide bonds. The smallest absolute Gasteiger partial charge is 0.273 e. The van der Waals surface area contributed by atoms with Gasteiger partial charge in [0.2, 0.25) is 0 Å². The maximum Gasteiger partial charge on any atom is 0.273 e. The Morgan fingerprint density at radius 2 is 1.76 bits per heavy atom. The van der Waals surface area contributed by atoms with Crippen molar-refractivity contribution < 1.29 is 19.1 Å². The lowest BCUT2D eigenvalue weighted by molar-refractivity contribution is 0.0713. The molecule has 0 spiro atoms. The molecule has 42 heavy (non-hydrogen) atoms. The molecule has 3 aromatic carbocycles. The molecule has 0 bridgehead atoms. The van der Waals surface area contributed by atoms with Gasteiger partial charge in [-0.2, -0.15) is 0 Å². The van der Waals surface area contributed by atoms with Gasteiger partial charge < -0.3 is 14.9 Å². The molecule has 1 saturated heterocycles. The molecule has 6 nitrogen and oxygen atoms in total. The SMILES string of the molecule is CCN(Cc1cccc(O)c1)C(=O)c1csc(C2CCN(C(=O)c3ccccc3-c3ccc(C(C)(C)F)cc3)CC2)n1. The Labute approximate surface area is 250 Å². The highest BCUT2D eigenvalue weighted by molar-refractivity contribution is 7.09. The number of carbonyl (C=O) groups excluding carboxylic acids is 2. The number of benzene rings is 3. The Bertz CT molecular complexity index is 1550. The number of amides is 2. The first-order valence-corrected chi connectivity index (χ1v) is 15.2. The largest absolute Gasteiger partial charge is 0.508 e. The highest BCUT2D eigenvalue weighted by atomic mass is 32.1. The van der Waals surface area contributed by atoms with Gasteiger partial charge in [-0.25, -0.2) is 9.37 Å². The van der Waals surface area contributed by atoms with Gasteiger partial charge in [-0.3, -0.25) is 9.59 Å². The van der Waals surface area contributed by atoms with E-state index in [9.17, 15) is 19.1 Å². The summed E-state index contributed by atoms with van der Waals surface area (Å²) < 4.78 is 14.4. The zero-order valence-corrected chi connectivity index (χ0v) is 25.0. The third-order valence-electron chi connectivity index (χ3n) is 7.87. The van der Waals surface area contributed by atoms with Crippen LogP contribution < -0.4 is 0 Å². The molecule has 1 fully saturated rings. The molecule has 0 aliphatic carbocycles. The predicted octanol–water partition coefficient (Wildman–Crippen LogP) is 7.40. The lowest BCUT2D eigenvalue weighted by Gasteiger charge is -2.31. The average molecular weight is 586 g/mol. The number of halogens is 1. The Balaban J connectivity index is 1.23. The van der Waals surface area contributed by atoms with Gasteiger partial charge in [0.05, 0.1) is 5.01 Å².